The van der Waals surface area contributed by atoms with Crippen LogP contribution in [0.15, 0.2) is 42.5 Å². The molecule has 194 valence electrons. The van der Waals surface area contributed by atoms with Gasteiger partial charge in [-0.2, -0.15) is 0 Å². The second kappa shape index (κ2) is 11.9. The summed E-state index contributed by atoms with van der Waals surface area (Å²) in [4.78, 5) is 41.4. The van der Waals surface area contributed by atoms with Crippen LogP contribution in [0.4, 0.5) is 20.6 Å². The minimum atomic E-state index is -0.589. The van der Waals surface area contributed by atoms with Gasteiger partial charge in [0.2, 0.25) is 5.91 Å². The standard InChI is InChI=1S/C26H33FN4O5/c1-16-13-31(18(3)32)17(2)15-36-23-10-9-21(12-22(23)25(33)30(4)14-24(16)35-5)29-26(34)28-20-8-6-7-19(27)11-20/h6-12,16-17,24H,13-15H2,1-5H3,(H2,28,29,34)/t16-,17+,24+/m0/s1. The summed E-state index contributed by atoms with van der Waals surface area (Å²) in [6.45, 7) is 6.34. The molecule has 0 spiro atoms. The Morgan fingerprint density at radius 1 is 1.08 bits per heavy atom. The number of carbonyl (C=O) groups excluding carboxylic acids is 3. The SMILES string of the molecule is CO[C@@H]1CN(C)C(=O)c2cc(NC(=O)Nc3cccc(F)c3)ccc2OC[C@@H](C)N(C(C)=O)C[C@@H]1C. The predicted octanol–water partition coefficient (Wildman–Crippen LogP) is 3.82. The van der Waals surface area contributed by atoms with Gasteiger partial charge in [0.25, 0.3) is 5.91 Å². The summed E-state index contributed by atoms with van der Waals surface area (Å²) < 4.78 is 25.1. The van der Waals surface area contributed by atoms with Crippen LogP contribution in [0.1, 0.15) is 31.1 Å². The number of urea groups is 1. The number of halogens is 1. The van der Waals surface area contributed by atoms with Crippen molar-refractivity contribution in [2.45, 2.75) is 32.9 Å². The fourth-order valence-corrected chi connectivity index (χ4v) is 4.15. The lowest BCUT2D eigenvalue weighted by molar-refractivity contribution is -0.133. The van der Waals surface area contributed by atoms with Crippen molar-refractivity contribution in [1.29, 1.82) is 0 Å². The quantitative estimate of drug-likeness (QED) is 0.668. The molecule has 4 amide bonds. The molecule has 1 aliphatic rings. The first-order valence-electron chi connectivity index (χ1n) is 11.7. The van der Waals surface area contributed by atoms with E-state index in [1.807, 2.05) is 13.8 Å². The summed E-state index contributed by atoms with van der Waals surface area (Å²) in [6.07, 6.45) is -0.296. The number of nitrogens with zero attached hydrogens (tertiary/aromatic N) is 2. The molecule has 2 N–H and O–H groups in total. The van der Waals surface area contributed by atoms with Gasteiger partial charge in [-0.05, 0) is 43.3 Å². The molecular weight excluding hydrogens is 467 g/mol. The largest absolute Gasteiger partial charge is 0.491 e. The summed E-state index contributed by atoms with van der Waals surface area (Å²) in [5, 5.41) is 5.22. The van der Waals surface area contributed by atoms with Crippen molar-refractivity contribution in [3.8, 4) is 5.75 Å². The van der Waals surface area contributed by atoms with E-state index in [2.05, 4.69) is 10.6 Å². The van der Waals surface area contributed by atoms with Crippen molar-refractivity contribution < 1.29 is 28.2 Å². The molecule has 2 aromatic rings. The van der Waals surface area contributed by atoms with Gasteiger partial charge in [0.15, 0.2) is 0 Å². The Hall–Kier alpha value is -3.66. The zero-order valence-corrected chi connectivity index (χ0v) is 21.2. The van der Waals surface area contributed by atoms with Gasteiger partial charge in [0, 0.05) is 51.5 Å². The van der Waals surface area contributed by atoms with Gasteiger partial charge in [-0.3, -0.25) is 9.59 Å². The Kier molecular flexibility index (Phi) is 8.87. The molecule has 36 heavy (non-hydrogen) atoms. The summed E-state index contributed by atoms with van der Waals surface area (Å²) in [7, 11) is 3.25. The molecule has 9 nitrogen and oxygen atoms in total. The number of nitrogens with one attached hydrogen (secondary N) is 2. The number of likely N-dealkylation sites (N-methyl/N-ethyl adjacent to an activating group) is 1. The van der Waals surface area contributed by atoms with Crippen molar-refractivity contribution in [3.05, 3.63) is 53.8 Å². The second-order valence-electron chi connectivity index (χ2n) is 9.07. The number of carbonyl (C=O) groups is 3. The smallest absolute Gasteiger partial charge is 0.323 e. The van der Waals surface area contributed by atoms with Gasteiger partial charge in [0.05, 0.1) is 17.7 Å². The zero-order valence-electron chi connectivity index (χ0n) is 21.2. The van der Waals surface area contributed by atoms with E-state index in [1.165, 1.54) is 36.1 Å². The first-order valence-corrected chi connectivity index (χ1v) is 11.7. The number of fused-ring (bicyclic) bond motifs is 1. The lowest BCUT2D eigenvalue weighted by Gasteiger charge is -2.35. The number of ether oxygens (including phenoxy) is 2. The predicted molar refractivity (Wildman–Crippen MR) is 135 cm³/mol. The highest BCUT2D eigenvalue weighted by Gasteiger charge is 2.29. The Bertz CT molecular complexity index is 1110. The molecule has 0 unspecified atom stereocenters. The number of methoxy groups -OCH3 is 1. The average Bonchev–Trinajstić information content (AvgIpc) is 2.83. The number of anilines is 2. The molecule has 2 aromatic carbocycles. The maximum absolute atomic E-state index is 13.4. The van der Waals surface area contributed by atoms with Crippen LogP contribution in [0.25, 0.3) is 0 Å². The fourth-order valence-electron chi connectivity index (χ4n) is 4.15. The summed E-state index contributed by atoms with van der Waals surface area (Å²) >= 11 is 0. The maximum Gasteiger partial charge on any atom is 0.323 e. The van der Waals surface area contributed by atoms with Gasteiger partial charge in [0.1, 0.15) is 18.2 Å². The molecule has 0 saturated heterocycles. The fraction of sp³-hybridized carbons (Fsp3) is 0.423. The molecule has 3 rings (SSSR count). The van der Waals surface area contributed by atoms with E-state index in [-0.39, 0.29) is 42.0 Å². The molecule has 0 saturated carbocycles. The summed E-state index contributed by atoms with van der Waals surface area (Å²) in [5.41, 5.74) is 0.905. The molecule has 1 aliphatic heterocycles. The molecule has 0 aliphatic carbocycles. The third-order valence-electron chi connectivity index (χ3n) is 6.19. The number of hydrogen-bond donors (Lipinski definition) is 2. The Morgan fingerprint density at radius 3 is 2.42 bits per heavy atom. The Labute approximate surface area is 210 Å². The normalized spacial score (nSPS) is 20.9. The number of amides is 4. The van der Waals surface area contributed by atoms with Crippen LogP contribution in [0.5, 0.6) is 5.75 Å². The number of benzene rings is 2. The molecule has 1 heterocycles. The van der Waals surface area contributed by atoms with E-state index in [9.17, 15) is 18.8 Å². The van der Waals surface area contributed by atoms with E-state index < -0.39 is 11.8 Å². The van der Waals surface area contributed by atoms with Crippen molar-refractivity contribution in [2.24, 2.45) is 5.92 Å². The van der Waals surface area contributed by atoms with Gasteiger partial charge >= 0.3 is 6.03 Å². The van der Waals surface area contributed by atoms with Crippen molar-refractivity contribution in [3.63, 3.8) is 0 Å². The monoisotopic (exact) mass is 500 g/mol. The molecule has 3 atom stereocenters. The second-order valence-corrected chi connectivity index (χ2v) is 9.07. The van der Waals surface area contributed by atoms with Gasteiger partial charge in [-0.1, -0.05) is 13.0 Å². The van der Waals surface area contributed by atoms with Crippen LogP contribution in [-0.2, 0) is 9.53 Å². The topological polar surface area (TPSA) is 100 Å². The Morgan fingerprint density at radius 2 is 1.78 bits per heavy atom. The van der Waals surface area contributed by atoms with Gasteiger partial charge < -0.3 is 29.9 Å². The average molecular weight is 501 g/mol. The van der Waals surface area contributed by atoms with Crippen LogP contribution in [0.3, 0.4) is 0 Å². The first-order chi connectivity index (χ1) is 17.1. The molecule has 0 radical (unpaired) electrons. The lowest BCUT2D eigenvalue weighted by Crippen LogP contribution is -2.48. The maximum atomic E-state index is 13.4. The van der Waals surface area contributed by atoms with E-state index in [0.717, 1.165) is 0 Å². The number of hydrogen-bond acceptors (Lipinski definition) is 5. The molecule has 0 fully saturated rings. The van der Waals surface area contributed by atoms with Crippen LogP contribution >= 0.6 is 0 Å². The van der Waals surface area contributed by atoms with E-state index in [4.69, 9.17) is 9.47 Å². The highest BCUT2D eigenvalue weighted by atomic mass is 19.1. The lowest BCUT2D eigenvalue weighted by atomic mass is 10.0. The third-order valence-corrected chi connectivity index (χ3v) is 6.19. The summed E-state index contributed by atoms with van der Waals surface area (Å²) in [6, 6.07) is 9.44. The molecular formula is C26H33FN4O5. The highest BCUT2D eigenvalue weighted by molar-refractivity contribution is 6.02. The molecule has 0 bridgehead atoms. The summed E-state index contributed by atoms with van der Waals surface area (Å²) in [5.74, 6) is -0.543. The third kappa shape index (κ3) is 6.72. The Balaban J connectivity index is 1.88. The highest BCUT2D eigenvalue weighted by Crippen LogP contribution is 2.26. The van der Waals surface area contributed by atoms with Crippen molar-refractivity contribution in [1.82, 2.24) is 9.80 Å². The van der Waals surface area contributed by atoms with E-state index in [1.54, 1.807) is 37.3 Å². The number of rotatable bonds is 3. The van der Waals surface area contributed by atoms with Crippen LogP contribution < -0.4 is 15.4 Å². The van der Waals surface area contributed by atoms with E-state index in [0.29, 0.717) is 30.2 Å². The zero-order chi connectivity index (χ0) is 26.4. The minimum absolute atomic E-state index is 0.0324. The van der Waals surface area contributed by atoms with Crippen molar-refractivity contribution >= 4 is 29.2 Å². The van der Waals surface area contributed by atoms with Crippen LogP contribution in [0, 0.1) is 11.7 Å². The molecule has 0 aromatic heterocycles. The molecule has 10 heteroatoms. The first kappa shape index (κ1) is 26.9. The van der Waals surface area contributed by atoms with E-state index >= 15 is 0 Å². The van der Waals surface area contributed by atoms with Crippen molar-refractivity contribution in [2.75, 3.05) is 44.5 Å². The van der Waals surface area contributed by atoms with Crippen LogP contribution in [0.2, 0.25) is 0 Å². The van der Waals surface area contributed by atoms with Crippen LogP contribution in [-0.4, -0.2) is 73.6 Å². The van der Waals surface area contributed by atoms with Gasteiger partial charge in [-0.25, -0.2) is 9.18 Å². The minimum Gasteiger partial charge on any atom is -0.491 e. The van der Waals surface area contributed by atoms with Gasteiger partial charge in [-0.15, -0.1) is 0 Å².